The van der Waals surface area contributed by atoms with Crippen molar-refractivity contribution < 1.29 is 9.53 Å². The van der Waals surface area contributed by atoms with Gasteiger partial charge in [0.2, 0.25) is 5.91 Å². The number of hydrogen-bond acceptors (Lipinski definition) is 2. The van der Waals surface area contributed by atoms with E-state index in [1.807, 2.05) is 18.2 Å². The average molecular weight is 268 g/mol. The van der Waals surface area contributed by atoms with E-state index in [4.69, 9.17) is 16.3 Å². The fourth-order valence-corrected chi connectivity index (χ4v) is 2.54. The summed E-state index contributed by atoms with van der Waals surface area (Å²) in [5.74, 6) is 0.650. The minimum absolute atomic E-state index is 0.0151. The number of fused-ring (bicyclic) bond motifs is 1. The van der Waals surface area contributed by atoms with E-state index < -0.39 is 0 Å². The van der Waals surface area contributed by atoms with Gasteiger partial charge in [0.1, 0.15) is 0 Å². The van der Waals surface area contributed by atoms with Crippen LogP contribution in [0.4, 0.5) is 0 Å². The summed E-state index contributed by atoms with van der Waals surface area (Å²) in [6.07, 6.45) is 0.848. The SMILES string of the molecule is COCCN(CCCl)C(=O)C1Cc2ccccc21. The molecule has 0 saturated carbocycles. The highest BCUT2D eigenvalue weighted by Gasteiger charge is 2.34. The number of nitrogens with zero attached hydrogens (tertiary/aromatic N) is 1. The van der Waals surface area contributed by atoms with E-state index in [1.54, 1.807) is 12.0 Å². The fourth-order valence-electron chi connectivity index (χ4n) is 2.34. The Bertz CT molecular complexity index is 422. The molecule has 0 aromatic heterocycles. The van der Waals surface area contributed by atoms with Crippen LogP contribution in [0.3, 0.4) is 0 Å². The summed E-state index contributed by atoms with van der Waals surface area (Å²) in [6, 6.07) is 8.12. The highest BCUT2D eigenvalue weighted by atomic mass is 35.5. The number of carbonyl (C=O) groups is 1. The van der Waals surface area contributed by atoms with Crippen LogP contribution in [0.1, 0.15) is 17.0 Å². The van der Waals surface area contributed by atoms with Crippen molar-refractivity contribution in [1.29, 1.82) is 0 Å². The maximum atomic E-state index is 12.4. The molecule has 0 bridgehead atoms. The van der Waals surface area contributed by atoms with Gasteiger partial charge in [0, 0.05) is 26.1 Å². The molecular weight excluding hydrogens is 250 g/mol. The summed E-state index contributed by atoms with van der Waals surface area (Å²) in [6.45, 7) is 1.75. The van der Waals surface area contributed by atoms with Crippen molar-refractivity contribution in [2.24, 2.45) is 0 Å². The molecule has 98 valence electrons. The number of methoxy groups -OCH3 is 1. The number of benzene rings is 1. The van der Waals surface area contributed by atoms with Crippen LogP contribution in [-0.4, -0.2) is 43.5 Å². The largest absolute Gasteiger partial charge is 0.383 e. The zero-order chi connectivity index (χ0) is 13.0. The maximum Gasteiger partial charge on any atom is 0.230 e. The third-order valence-electron chi connectivity index (χ3n) is 3.38. The number of halogens is 1. The van der Waals surface area contributed by atoms with E-state index in [9.17, 15) is 4.79 Å². The highest BCUT2D eigenvalue weighted by molar-refractivity contribution is 6.18. The van der Waals surface area contributed by atoms with Crippen LogP contribution in [0.5, 0.6) is 0 Å². The van der Waals surface area contributed by atoms with Crippen molar-refractivity contribution in [3.63, 3.8) is 0 Å². The molecule has 0 aliphatic heterocycles. The fraction of sp³-hybridized carbons (Fsp3) is 0.500. The van der Waals surface area contributed by atoms with E-state index in [-0.39, 0.29) is 11.8 Å². The normalized spacial score (nSPS) is 16.9. The second kappa shape index (κ2) is 6.21. The van der Waals surface area contributed by atoms with Gasteiger partial charge in [-0.1, -0.05) is 24.3 Å². The van der Waals surface area contributed by atoms with Crippen LogP contribution in [0.2, 0.25) is 0 Å². The van der Waals surface area contributed by atoms with Crippen molar-refractivity contribution in [1.82, 2.24) is 4.90 Å². The van der Waals surface area contributed by atoms with Crippen molar-refractivity contribution >= 4 is 17.5 Å². The monoisotopic (exact) mass is 267 g/mol. The smallest absolute Gasteiger partial charge is 0.230 e. The summed E-state index contributed by atoms with van der Waals surface area (Å²) >= 11 is 5.75. The first-order valence-electron chi connectivity index (χ1n) is 6.19. The van der Waals surface area contributed by atoms with Gasteiger partial charge in [0.05, 0.1) is 12.5 Å². The van der Waals surface area contributed by atoms with Crippen LogP contribution >= 0.6 is 11.6 Å². The summed E-state index contributed by atoms with van der Waals surface area (Å²) in [5.41, 5.74) is 2.45. The number of carbonyl (C=O) groups excluding carboxylic acids is 1. The number of alkyl halides is 1. The van der Waals surface area contributed by atoms with Crippen LogP contribution in [0.15, 0.2) is 24.3 Å². The molecule has 18 heavy (non-hydrogen) atoms. The average Bonchev–Trinajstić information content (AvgIpc) is 2.35. The predicted molar refractivity (Wildman–Crippen MR) is 72.1 cm³/mol. The lowest BCUT2D eigenvalue weighted by atomic mass is 9.77. The lowest BCUT2D eigenvalue weighted by Gasteiger charge is -2.33. The van der Waals surface area contributed by atoms with Crippen LogP contribution in [-0.2, 0) is 16.0 Å². The molecular formula is C14H18ClNO2. The summed E-state index contributed by atoms with van der Waals surface area (Å²) in [4.78, 5) is 14.2. The van der Waals surface area contributed by atoms with Gasteiger partial charge in [-0.25, -0.2) is 0 Å². The number of ether oxygens (including phenoxy) is 1. The third kappa shape index (κ3) is 2.68. The van der Waals surface area contributed by atoms with Gasteiger partial charge in [-0.2, -0.15) is 0 Å². The lowest BCUT2D eigenvalue weighted by molar-refractivity contribution is -0.133. The van der Waals surface area contributed by atoms with Gasteiger partial charge in [-0.3, -0.25) is 4.79 Å². The molecule has 0 heterocycles. The van der Waals surface area contributed by atoms with Gasteiger partial charge in [-0.15, -0.1) is 11.6 Å². The molecule has 2 rings (SSSR count). The molecule has 1 amide bonds. The van der Waals surface area contributed by atoms with E-state index in [0.717, 1.165) is 6.42 Å². The number of rotatable bonds is 6. The lowest BCUT2D eigenvalue weighted by Crippen LogP contribution is -2.42. The van der Waals surface area contributed by atoms with E-state index >= 15 is 0 Å². The van der Waals surface area contributed by atoms with Crippen LogP contribution in [0.25, 0.3) is 0 Å². The molecule has 4 heteroatoms. The number of amides is 1. The second-order valence-corrected chi connectivity index (χ2v) is 4.84. The Balaban J connectivity index is 2.02. The van der Waals surface area contributed by atoms with Crippen LogP contribution in [0, 0.1) is 0 Å². The molecule has 0 N–H and O–H groups in total. The third-order valence-corrected chi connectivity index (χ3v) is 3.55. The molecule has 1 unspecified atom stereocenters. The van der Waals surface area contributed by atoms with Gasteiger partial charge < -0.3 is 9.64 Å². The molecule has 0 spiro atoms. The van der Waals surface area contributed by atoms with Crippen molar-refractivity contribution in [2.45, 2.75) is 12.3 Å². The Kier molecular flexibility index (Phi) is 4.61. The molecule has 0 saturated heterocycles. The van der Waals surface area contributed by atoms with Crippen LogP contribution < -0.4 is 0 Å². The minimum atomic E-state index is 0.0151. The van der Waals surface area contributed by atoms with Gasteiger partial charge >= 0.3 is 0 Å². The zero-order valence-electron chi connectivity index (χ0n) is 10.6. The Hall–Kier alpha value is -1.06. The Morgan fingerprint density at radius 2 is 2.22 bits per heavy atom. The molecule has 1 aliphatic carbocycles. The first-order chi connectivity index (χ1) is 8.77. The quantitative estimate of drug-likeness (QED) is 0.739. The summed E-state index contributed by atoms with van der Waals surface area (Å²) in [5, 5.41) is 0. The standard InChI is InChI=1S/C14H18ClNO2/c1-18-9-8-16(7-6-15)14(17)13-10-11-4-2-3-5-12(11)13/h2-5,13H,6-10H2,1H3. The van der Waals surface area contributed by atoms with Crippen molar-refractivity contribution in [2.75, 3.05) is 32.7 Å². The van der Waals surface area contributed by atoms with E-state index in [2.05, 4.69) is 6.07 Å². The maximum absolute atomic E-state index is 12.4. The number of hydrogen-bond donors (Lipinski definition) is 0. The topological polar surface area (TPSA) is 29.5 Å². The molecule has 0 radical (unpaired) electrons. The van der Waals surface area contributed by atoms with Gasteiger partial charge in [-0.05, 0) is 17.5 Å². The zero-order valence-corrected chi connectivity index (χ0v) is 11.3. The molecule has 0 fully saturated rings. The van der Waals surface area contributed by atoms with Gasteiger partial charge in [0.15, 0.2) is 0 Å². The first-order valence-corrected chi connectivity index (χ1v) is 6.73. The van der Waals surface area contributed by atoms with Crippen molar-refractivity contribution in [3.8, 4) is 0 Å². The predicted octanol–water partition coefficient (Wildman–Crippen LogP) is 2.04. The second-order valence-electron chi connectivity index (χ2n) is 4.46. The summed E-state index contributed by atoms with van der Waals surface area (Å²) in [7, 11) is 1.64. The van der Waals surface area contributed by atoms with Crippen molar-refractivity contribution in [3.05, 3.63) is 35.4 Å². The minimum Gasteiger partial charge on any atom is -0.383 e. The summed E-state index contributed by atoms with van der Waals surface area (Å²) < 4.78 is 5.03. The van der Waals surface area contributed by atoms with E-state index in [1.165, 1.54) is 11.1 Å². The first kappa shape index (κ1) is 13.4. The Labute approximate surface area is 113 Å². The highest BCUT2D eigenvalue weighted by Crippen LogP contribution is 2.36. The van der Waals surface area contributed by atoms with E-state index in [0.29, 0.717) is 25.6 Å². The molecule has 1 aromatic rings. The van der Waals surface area contributed by atoms with Gasteiger partial charge in [0.25, 0.3) is 0 Å². The Morgan fingerprint density at radius 1 is 1.44 bits per heavy atom. The Morgan fingerprint density at radius 3 is 2.89 bits per heavy atom. The molecule has 3 nitrogen and oxygen atoms in total. The molecule has 1 aliphatic rings. The molecule has 1 atom stereocenters. The molecule has 1 aromatic carbocycles.